The quantitative estimate of drug-likeness (QED) is 0.540. The van der Waals surface area contributed by atoms with Crippen molar-refractivity contribution in [3.05, 3.63) is 59.2 Å². The highest BCUT2D eigenvalue weighted by Gasteiger charge is 2.38. The summed E-state index contributed by atoms with van der Waals surface area (Å²) in [6.45, 7) is 6.57. The summed E-state index contributed by atoms with van der Waals surface area (Å²) < 4.78 is 44.2. The standard InChI is InChI=1S/C25H25F3N4O4.C3H8/c1-14-4-2-5-15(12-14)20-17-6-3-7-18-21(17)32(10-11-36-18)24(35)22(30-20)31-23(34)16(13-19(29)33)8-9-25(26,27)28;1-3-2/h2-7,12,16,22H,8-11,13H2,1H3,(H2,29,33)(H,31,34);3H2,1-2H3. The Kier molecular flexibility index (Phi) is 9.71. The highest BCUT2D eigenvalue weighted by atomic mass is 19.4. The number of primary amides is 1. The molecule has 39 heavy (non-hydrogen) atoms. The Bertz CT molecular complexity index is 1250. The van der Waals surface area contributed by atoms with Gasteiger partial charge < -0.3 is 20.7 Å². The number of alkyl halides is 3. The number of para-hydroxylation sites is 1. The fourth-order valence-corrected chi connectivity index (χ4v) is 4.36. The zero-order chi connectivity index (χ0) is 28.7. The lowest BCUT2D eigenvalue weighted by molar-refractivity contribution is -0.143. The number of carbonyl (C=O) groups excluding carboxylic acids is 3. The van der Waals surface area contributed by atoms with E-state index in [9.17, 15) is 27.6 Å². The van der Waals surface area contributed by atoms with E-state index in [0.29, 0.717) is 28.3 Å². The number of aliphatic imine (C=N–C) groups is 1. The molecule has 2 aliphatic rings. The van der Waals surface area contributed by atoms with E-state index < -0.39 is 55.2 Å². The van der Waals surface area contributed by atoms with Gasteiger partial charge >= 0.3 is 6.18 Å². The van der Waals surface area contributed by atoms with E-state index in [0.717, 1.165) is 5.56 Å². The smallest absolute Gasteiger partial charge is 0.389 e. The van der Waals surface area contributed by atoms with Crippen molar-refractivity contribution in [1.82, 2.24) is 5.32 Å². The average Bonchev–Trinajstić information content (AvgIpc) is 2.98. The number of benzene rings is 2. The molecule has 2 heterocycles. The molecule has 210 valence electrons. The molecule has 2 aromatic rings. The van der Waals surface area contributed by atoms with Crippen molar-refractivity contribution in [2.24, 2.45) is 16.6 Å². The van der Waals surface area contributed by atoms with Crippen molar-refractivity contribution in [2.45, 2.75) is 58.8 Å². The first kappa shape index (κ1) is 29.7. The molecule has 0 fully saturated rings. The molecular formula is C28H33F3N4O4. The van der Waals surface area contributed by atoms with Gasteiger partial charge in [-0.2, -0.15) is 13.2 Å². The number of rotatable bonds is 7. The lowest BCUT2D eigenvalue weighted by Gasteiger charge is -2.31. The normalized spacial score (nSPS) is 17.0. The van der Waals surface area contributed by atoms with Crippen LogP contribution in [0.15, 0.2) is 47.5 Å². The van der Waals surface area contributed by atoms with Gasteiger partial charge in [-0.1, -0.05) is 56.2 Å². The van der Waals surface area contributed by atoms with Gasteiger partial charge in [-0.15, -0.1) is 0 Å². The SMILES string of the molecule is CCC.Cc1cccc(C2=NC(NC(=O)C(CCC(F)(F)F)CC(N)=O)C(=O)N3CCOc4cccc2c43)c1. The fourth-order valence-electron chi connectivity index (χ4n) is 4.36. The van der Waals surface area contributed by atoms with Gasteiger partial charge in [0.25, 0.3) is 5.91 Å². The van der Waals surface area contributed by atoms with E-state index in [1.807, 2.05) is 31.2 Å². The summed E-state index contributed by atoms with van der Waals surface area (Å²) >= 11 is 0. The van der Waals surface area contributed by atoms with E-state index in [1.165, 1.54) is 11.3 Å². The molecule has 8 nitrogen and oxygen atoms in total. The van der Waals surface area contributed by atoms with Gasteiger partial charge in [0, 0.05) is 29.9 Å². The molecule has 0 spiro atoms. The average molecular weight is 547 g/mol. The van der Waals surface area contributed by atoms with Crippen molar-refractivity contribution in [3.8, 4) is 5.75 Å². The summed E-state index contributed by atoms with van der Waals surface area (Å²) in [4.78, 5) is 44.1. The third kappa shape index (κ3) is 7.58. The van der Waals surface area contributed by atoms with Crippen LogP contribution < -0.4 is 20.7 Å². The van der Waals surface area contributed by atoms with Crippen molar-refractivity contribution in [1.29, 1.82) is 0 Å². The number of halogens is 3. The number of anilines is 1. The molecule has 0 saturated carbocycles. The highest BCUT2D eigenvalue weighted by molar-refractivity contribution is 6.21. The van der Waals surface area contributed by atoms with Crippen LogP contribution in [0.1, 0.15) is 56.2 Å². The Hall–Kier alpha value is -3.89. The van der Waals surface area contributed by atoms with Gasteiger partial charge in [-0.25, -0.2) is 4.99 Å². The second-order valence-corrected chi connectivity index (χ2v) is 9.48. The van der Waals surface area contributed by atoms with Crippen molar-refractivity contribution >= 4 is 29.1 Å². The number of amides is 3. The van der Waals surface area contributed by atoms with Crippen molar-refractivity contribution < 1.29 is 32.3 Å². The fraction of sp³-hybridized carbons (Fsp3) is 0.429. The lowest BCUT2D eigenvalue weighted by Crippen LogP contribution is -2.51. The summed E-state index contributed by atoms with van der Waals surface area (Å²) in [6.07, 6.45) is -7.19. The number of carbonyl (C=O) groups is 3. The molecule has 2 aromatic carbocycles. The molecule has 2 atom stereocenters. The number of nitrogens with two attached hydrogens (primary N) is 1. The van der Waals surface area contributed by atoms with Crippen LogP contribution in [0.4, 0.5) is 18.9 Å². The van der Waals surface area contributed by atoms with Gasteiger partial charge in [0.05, 0.1) is 17.9 Å². The van der Waals surface area contributed by atoms with E-state index in [1.54, 1.807) is 18.2 Å². The summed E-state index contributed by atoms with van der Waals surface area (Å²) in [7, 11) is 0. The number of aryl methyl sites for hydroxylation is 1. The molecule has 11 heteroatoms. The first-order valence-electron chi connectivity index (χ1n) is 12.8. The maximum atomic E-state index is 13.5. The minimum atomic E-state index is -4.52. The Labute approximate surface area is 225 Å². The highest BCUT2D eigenvalue weighted by Crippen LogP contribution is 2.38. The second-order valence-electron chi connectivity index (χ2n) is 9.48. The van der Waals surface area contributed by atoms with E-state index in [4.69, 9.17) is 10.5 Å². The summed E-state index contributed by atoms with van der Waals surface area (Å²) in [5, 5.41) is 2.47. The van der Waals surface area contributed by atoms with Crippen molar-refractivity contribution in [3.63, 3.8) is 0 Å². The van der Waals surface area contributed by atoms with Gasteiger partial charge in [-0.05, 0) is 25.5 Å². The Morgan fingerprint density at radius 3 is 2.54 bits per heavy atom. The van der Waals surface area contributed by atoms with E-state index in [2.05, 4.69) is 24.2 Å². The largest absolute Gasteiger partial charge is 0.490 e. The lowest BCUT2D eigenvalue weighted by atomic mass is 9.97. The van der Waals surface area contributed by atoms with Crippen LogP contribution in [0.5, 0.6) is 5.75 Å². The molecule has 0 aromatic heterocycles. The predicted molar refractivity (Wildman–Crippen MR) is 142 cm³/mol. The van der Waals surface area contributed by atoms with Gasteiger partial charge in [0.2, 0.25) is 18.0 Å². The van der Waals surface area contributed by atoms with E-state index in [-0.39, 0.29) is 13.2 Å². The van der Waals surface area contributed by atoms with Crippen LogP contribution in [0.2, 0.25) is 0 Å². The zero-order valence-electron chi connectivity index (χ0n) is 22.2. The van der Waals surface area contributed by atoms with Crippen LogP contribution >= 0.6 is 0 Å². The van der Waals surface area contributed by atoms with Gasteiger partial charge in [0.15, 0.2) is 0 Å². The molecule has 0 radical (unpaired) electrons. The zero-order valence-corrected chi connectivity index (χ0v) is 22.2. The first-order chi connectivity index (χ1) is 18.4. The molecule has 3 N–H and O–H groups in total. The van der Waals surface area contributed by atoms with Crippen LogP contribution in [0.3, 0.4) is 0 Å². The first-order valence-corrected chi connectivity index (χ1v) is 12.8. The summed E-state index contributed by atoms with van der Waals surface area (Å²) in [5.41, 5.74) is 8.36. The number of hydrogen-bond acceptors (Lipinski definition) is 5. The van der Waals surface area contributed by atoms with Crippen LogP contribution in [-0.2, 0) is 14.4 Å². The molecular weight excluding hydrogens is 513 g/mol. The van der Waals surface area contributed by atoms with Gasteiger partial charge in [-0.3, -0.25) is 14.4 Å². The second kappa shape index (κ2) is 12.8. The Morgan fingerprint density at radius 2 is 1.90 bits per heavy atom. The molecule has 0 aliphatic carbocycles. The number of hydrogen-bond donors (Lipinski definition) is 2. The molecule has 3 amide bonds. The van der Waals surface area contributed by atoms with Crippen molar-refractivity contribution in [2.75, 3.05) is 18.1 Å². The number of ether oxygens (including phenoxy) is 1. The van der Waals surface area contributed by atoms with Crippen LogP contribution in [-0.4, -0.2) is 48.9 Å². The summed E-state index contributed by atoms with van der Waals surface area (Å²) in [5.74, 6) is -3.25. The van der Waals surface area contributed by atoms with Crippen LogP contribution in [0, 0.1) is 12.8 Å². The predicted octanol–water partition coefficient (Wildman–Crippen LogP) is 4.26. The molecule has 2 aliphatic heterocycles. The minimum absolute atomic E-state index is 0.199. The van der Waals surface area contributed by atoms with E-state index >= 15 is 0 Å². The molecule has 2 unspecified atom stereocenters. The topological polar surface area (TPSA) is 114 Å². The Balaban J connectivity index is 0.00000134. The Morgan fingerprint density at radius 1 is 1.21 bits per heavy atom. The number of nitrogens with one attached hydrogen (secondary N) is 1. The monoisotopic (exact) mass is 546 g/mol. The third-order valence-corrected chi connectivity index (χ3v) is 6.02. The molecule has 0 saturated heterocycles. The molecule has 4 rings (SSSR count). The number of nitrogens with zero attached hydrogens (tertiary/aromatic N) is 2. The third-order valence-electron chi connectivity index (χ3n) is 6.02. The maximum Gasteiger partial charge on any atom is 0.389 e. The van der Waals surface area contributed by atoms with Gasteiger partial charge in [0.1, 0.15) is 12.4 Å². The maximum absolute atomic E-state index is 13.5. The van der Waals surface area contributed by atoms with Crippen LogP contribution in [0.25, 0.3) is 0 Å². The molecule has 0 bridgehead atoms. The summed E-state index contributed by atoms with van der Waals surface area (Å²) in [6, 6.07) is 12.7. The minimum Gasteiger partial charge on any atom is -0.490 e.